The maximum Gasteiger partial charge on any atom is 0.264 e. The van der Waals surface area contributed by atoms with Crippen molar-refractivity contribution in [3.63, 3.8) is 0 Å². The summed E-state index contributed by atoms with van der Waals surface area (Å²) in [6.07, 6.45) is 23.3. The molecule has 0 aliphatic heterocycles. The summed E-state index contributed by atoms with van der Waals surface area (Å²) < 4.78 is 30.1. The molecule has 1 N–H and O–H groups in total. The Morgan fingerprint density at radius 1 is 0.667 bits per heavy atom. The fourth-order valence-corrected chi connectivity index (χ4v) is 4.29. The number of carbonyl (C=O) groups excluding carboxylic acids is 1. The summed E-state index contributed by atoms with van der Waals surface area (Å²) in [6.45, 7) is 2.64. The van der Waals surface area contributed by atoms with E-state index < -0.39 is 10.1 Å². The van der Waals surface area contributed by atoms with Gasteiger partial charge in [0, 0.05) is 20.0 Å². The van der Waals surface area contributed by atoms with E-state index in [0.29, 0.717) is 13.0 Å². The molecule has 0 unspecified atom stereocenters. The van der Waals surface area contributed by atoms with E-state index in [-0.39, 0.29) is 18.1 Å². The predicted octanol–water partition coefficient (Wildman–Crippen LogP) is 6.76. The van der Waals surface area contributed by atoms with Crippen LogP contribution in [0.25, 0.3) is 0 Å². The van der Waals surface area contributed by atoms with E-state index >= 15 is 0 Å². The number of carbonyl (C=O) groups is 1. The van der Waals surface area contributed by atoms with Crippen LogP contribution >= 0.6 is 0 Å². The smallest absolute Gasteiger partial charge is 0.264 e. The van der Waals surface area contributed by atoms with Gasteiger partial charge in [-0.1, -0.05) is 110 Å². The maximum atomic E-state index is 12.0. The van der Waals surface area contributed by atoms with E-state index in [1.54, 1.807) is 11.9 Å². The van der Waals surface area contributed by atoms with Gasteiger partial charge < -0.3 is 4.90 Å². The Labute approximate surface area is 187 Å². The molecule has 5 nitrogen and oxygen atoms in total. The lowest BCUT2D eigenvalue weighted by atomic mass is 10.0. The molecule has 0 bridgehead atoms. The fraction of sp³-hybridized carbons (Fsp3) is 0.958. The average Bonchev–Trinajstić information content (AvgIpc) is 2.69. The summed E-state index contributed by atoms with van der Waals surface area (Å²) in [7, 11) is -2.23. The average molecular weight is 448 g/mol. The lowest BCUT2D eigenvalue weighted by Crippen LogP contribution is -2.28. The first-order valence-corrected chi connectivity index (χ1v) is 14.2. The van der Waals surface area contributed by atoms with Gasteiger partial charge in [-0.25, -0.2) is 0 Å². The van der Waals surface area contributed by atoms with Gasteiger partial charge >= 0.3 is 0 Å². The quantitative estimate of drug-likeness (QED) is 0.147. The summed E-state index contributed by atoms with van der Waals surface area (Å²) in [6, 6.07) is 0. The molecule has 0 aliphatic carbocycles. The first kappa shape index (κ1) is 29.4. The topological polar surface area (TPSA) is 74.7 Å². The lowest BCUT2D eigenvalue weighted by Gasteiger charge is -2.16. The van der Waals surface area contributed by atoms with Crippen molar-refractivity contribution in [2.75, 3.05) is 19.3 Å². The van der Waals surface area contributed by atoms with Crippen LogP contribution in [-0.4, -0.2) is 43.1 Å². The van der Waals surface area contributed by atoms with Crippen molar-refractivity contribution < 1.29 is 17.8 Å². The minimum absolute atomic E-state index is 0.0614. The van der Waals surface area contributed by atoms with E-state index in [1.165, 1.54) is 96.3 Å². The molecule has 1 amide bonds. The van der Waals surface area contributed by atoms with Gasteiger partial charge in [0.1, 0.15) is 0 Å². The standard InChI is InChI=1S/C24H49NO4S/c1-3-4-5-6-7-8-9-10-11-12-13-14-15-16-17-18-19-21-24(26)25(2)22-20-23-30(27,28)29/h3-23H2,1-2H3,(H,27,28,29). The van der Waals surface area contributed by atoms with Gasteiger partial charge in [0.05, 0.1) is 5.75 Å². The van der Waals surface area contributed by atoms with Crippen LogP contribution in [0.4, 0.5) is 0 Å². The van der Waals surface area contributed by atoms with E-state index in [4.69, 9.17) is 4.55 Å². The van der Waals surface area contributed by atoms with Crippen LogP contribution in [0, 0.1) is 0 Å². The minimum atomic E-state index is -3.93. The summed E-state index contributed by atoms with van der Waals surface area (Å²) >= 11 is 0. The van der Waals surface area contributed by atoms with Crippen LogP contribution < -0.4 is 0 Å². The van der Waals surface area contributed by atoms with Crippen LogP contribution in [0.15, 0.2) is 0 Å². The zero-order valence-corrected chi connectivity index (χ0v) is 20.7. The molecule has 0 rings (SSSR count). The summed E-state index contributed by atoms with van der Waals surface area (Å²) in [5, 5.41) is 0. The lowest BCUT2D eigenvalue weighted by molar-refractivity contribution is -0.130. The summed E-state index contributed by atoms with van der Waals surface area (Å²) in [5.41, 5.74) is 0. The second kappa shape index (κ2) is 20.3. The molecule has 0 atom stereocenters. The minimum Gasteiger partial charge on any atom is -0.346 e. The third-order valence-electron chi connectivity index (χ3n) is 5.82. The molecule has 0 saturated carbocycles. The third kappa shape index (κ3) is 22.1. The first-order chi connectivity index (χ1) is 14.4. The van der Waals surface area contributed by atoms with Gasteiger partial charge in [0.15, 0.2) is 0 Å². The molecular formula is C24H49NO4S. The third-order valence-corrected chi connectivity index (χ3v) is 6.62. The van der Waals surface area contributed by atoms with Crippen molar-refractivity contribution in [3.8, 4) is 0 Å². The largest absolute Gasteiger partial charge is 0.346 e. The molecule has 0 fully saturated rings. The monoisotopic (exact) mass is 447 g/mol. The van der Waals surface area contributed by atoms with Crippen LogP contribution in [0.5, 0.6) is 0 Å². The molecule has 0 aliphatic rings. The second-order valence-electron chi connectivity index (χ2n) is 8.86. The highest BCUT2D eigenvalue weighted by Crippen LogP contribution is 2.14. The Kier molecular flexibility index (Phi) is 19.9. The number of hydrogen-bond acceptors (Lipinski definition) is 3. The van der Waals surface area contributed by atoms with Gasteiger partial charge in [-0.05, 0) is 12.8 Å². The summed E-state index contributed by atoms with van der Waals surface area (Å²) in [5.74, 6) is -0.227. The second-order valence-corrected chi connectivity index (χ2v) is 10.4. The molecule has 0 radical (unpaired) electrons. The first-order valence-electron chi connectivity index (χ1n) is 12.6. The van der Waals surface area contributed by atoms with Crippen molar-refractivity contribution in [1.82, 2.24) is 4.90 Å². The fourth-order valence-electron chi connectivity index (χ4n) is 3.80. The molecule has 30 heavy (non-hydrogen) atoms. The van der Waals surface area contributed by atoms with Crippen molar-refractivity contribution in [1.29, 1.82) is 0 Å². The van der Waals surface area contributed by atoms with Crippen LogP contribution in [0.1, 0.15) is 129 Å². The molecule has 0 aromatic heterocycles. The zero-order valence-electron chi connectivity index (χ0n) is 19.9. The number of amides is 1. The van der Waals surface area contributed by atoms with E-state index in [0.717, 1.165) is 12.8 Å². The number of hydrogen-bond donors (Lipinski definition) is 1. The molecular weight excluding hydrogens is 398 g/mol. The molecule has 0 aromatic rings. The number of rotatable bonds is 22. The number of nitrogens with zero attached hydrogens (tertiary/aromatic N) is 1. The molecule has 6 heteroatoms. The van der Waals surface area contributed by atoms with Gasteiger partial charge in [0.2, 0.25) is 5.91 Å². The molecule has 0 spiro atoms. The highest BCUT2D eigenvalue weighted by atomic mass is 32.2. The highest BCUT2D eigenvalue weighted by Gasteiger charge is 2.10. The zero-order chi connectivity index (χ0) is 22.5. The highest BCUT2D eigenvalue weighted by molar-refractivity contribution is 7.85. The Balaban J connectivity index is 3.29. The Bertz CT molecular complexity index is 493. The van der Waals surface area contributed by atoms with Crippen molar-refractivity contribution in [2.45, 2.75) is 129 Å². The van der Waals surface area contributed by atoms with E-state index in [9.17, 15) is 13.2 Å². The Morgan fingerprint density at radius 3 is 1.40 bits per heavy atom. The number of unbranched alkanes of at least 4 members (excludes halogenated alkanes) is 16. The SMILES string of the molecule is CCCCCCCCCCCCCCCCCCCC(=O)N(C)CCCS(=O)(=O)O. The normalized spacial score (nSPS) is 11.7. The van der Waals surface area contributed by atoms with Crippen molar-refractivity contribution in [2.24, 2.45) is 0 Å². The van der Waals surface area contributed by atoms with Crippen LogP contribution in [-0.2, 0) is 14.9 Å². The van der Waals surface area contributed by atoms with E-state index in [1.807, 2.05) is 0 Å². The van der Waals surface area contributed by atoms with E-state index in [2.05, 4.69) is 6.92 Å². The van der Waals surface area contributed by atoms with Gasteiger partial charge in [0.25, 0.3) is 10.1 Å². The van der Waals surface area contributed by atoms with Crippen LogP contribution in [0.2, 0.25) is 0 Å². The van der Waals surface area contributed by atoms with Crippen molar-refractivity contribution in [3.05, 3.63) is 0 Å². The Hall–Kier alpha value is -0.620. The molecule has 0 saturated heterocycles. The van der Waals surface area contributed by atoms with Gasteiger partial charge in [-0.15, -0.1) is 0 Å². The van der Waals surface area contributed by atoms with Crippen molar-refractivity contribution >= 4 is 16.0 Å². The van der Waals surface area contributed by atoms with Gasteiger partial charge in [-0.3, -0.25) is 9.35 Å². The maximum absolute atomic E-state index is 12.0. The molecule has 180 valence electrons. The summed E-state index contributed by atoms with van der Waals surface area (Å²) in [4.78, 5) is 13.5. The van der Waals surface area contributed by atoms with Crippen LogP contribution in [0.3, 0.4) is 0 Å². The molecule has 0 aromatic carbocycles. The van der Waals surface area contributed by atoms with Gasteiger partial charge in [-0.2, -0.15) is 8.42 Å². The molecule has 0 heterocycles. The predicted molar refractivity (Wildman–Crippen MR) is 127 cm³/mol. The Morgan fingerprint density at radius 2 is 1.03 bits per heavy atom.